The van der Waals surface area contributed by atoms with Crippen LogP contribution in [0.3, 0.4) is 0 Å². The molecule has 0 aliphatic rings. The molecule has 4 nitrogen and oxygen atoms in total. The summed E-state index contributed by atoms with van der Waals surface area (Å²) in [7, 11) is 0. The largest absolute Gasteiger partial charge is 0.477 e. The first kappa shape index (κ1) is 15.0. The van der Waals surface area contributed by atoms with Gasteiger partial charge in [-0.15, -0.1) is 0 Å². The van der Waals surface area contributed by atoms with Gasteiger partial charge in [-0.25, -0.2) is 9.59 Å². The second-order valence-electron chi connectivity index (χ2n) is 4.24. The van der Waals surface area contributed by atoms with Crippen molar-refractivity contribution < 1.29 is 19.4 Å². The highest BCUT2D eigenvalue weighted by Crippen LogP contribution is 2.15. The van der Waals surface area contributed by atoms with Crippen LogP contribution in [0.2, 0.25) is 0 Å². The fraction of sp³-hybridized carbons (Fsp3) is 0.333. The fourth-order valence-electron chi connectivity index (χ4n) is 1.62. The summed E-state index contributed by atoms with van der Waals surface area (Å²) in [6.45, 7) is 3.85. The number of esters is 1. The highest BCUT2D eigenvalue weighted by atomic mass is 16.5. The number of allylic oxidation sites excluding steroid dienone is 1. The zero-order valence-corrected chi connectivity index (χ0v) is 11.1. The molecule has 0 fully saturated rings. The van der Waals surface area contributed by atoms with Crippen molar-refractivity contribution in [3.05, 3.63) is 47.5 Å². The summed E-state index contributed by atoms with van der Waals surface area (Å²) in [6.07, 6.45) is 1.84. The monoisotopic (exact) mass is 262 g/mol. The minimum Gasteiger partial charge on any atom is -0.477 e. The van der Waals surface area contributed by atoms with E-state index in [1.165, 1.54) is 6.08 Å². The van der Waals surface area contributed by atoms with Gasteiger partial charge in [-0.05, 0) is 12.0 Å². The van der Waals surface area contributed by atoms with Crippen LogP contribution >= 0.6 is 0 Å². The van der Waals surface area contributed by atoms with E-state index in [-0.39, 0.29) is 18.1 Å². The summed E-state index contributed by atoms with van der Waals surface area (Å²) < 4.78 is 5.05. The van der Waals surface area contributed by atoms with Crippen molar-refractivity contribution in [3.8, 4) is 0 Å². The van der Waals surface area contributed by atoms with Crippen LogP contribution in [0.4, 0.5) is 0 Å². The van der Waals surface area contributed by atoms with Crippen molar-refractivity contribution in [2.75, 3.05) is 6.61 Å². The van der Waals surface area contributed by atoms with E-state index in [9.17, 15) is 9.59 Å². The maximum absolute atomic E-state index is 11.6. The lowest BCUT2D eigenvalue weighted by Gasteiger charge is -2.12. The molecular formula is C15H18O4. The quantitative estimate of drug-likeness (QED) is 0.370. The number of ether oxygens (including phenoxy) is 1. The SMILES string of the molecule is CCC=C(C(=O)O)C(=O)OCC(C)c1ccccc1. The molecule has 1 atom stereocenters. The normalized spacial score (nSPS) is 12.8. The van der Waals surface area contributed by atoms with Crippen LogP contribution in [-0.4, -0.2) is 23.7 Å². The van der Waals surface area contributed by atoms with E-state index in [1.54, 1.807) is 6.92 Å². The molecule has 0 saturated heterocycles. The van der Waals surface area contributed by atoms with Crippen molar-refractivity contribution in [3.63, 3.8) is 0 Å². The number of carboxylic acids is 1. The molecule has 0 amide bonds. The molecule has 1 unspecified atom stereocenters. The molecule has 1 N–H and O–H groups in total. The van der Waals surface area contributed by atoms with Gasteiger partial charge in [-0.1, -0.05) is 50.3 Å². The Morgan fingerprint density at radius 3 is 2.47 bits per heavy atom. The summed E-state index contributed by atoms with van der Waals surface area (Å²) in [4.78, 5) is 22.5. The third-order valence-corrected chi connectivity index (χ3v) is 2.69. The van der Waals surface area contributed by atoms with Gasteiger partial charge >= 0.3 is 11.9 Å². The number of carbonyl (C=O) groups is 2. The molecule has 0 aliphatic carbocycles. The Bertz CT molecular complexity index is 462. The van der Waals surface area contributed by atoms with Gasteiger partial charge < -0.3 is 9.84 Å². The Morgan fingerprint density at radius 1 is 1.32 bits per heavy atom. The van der Waals surface area contributed by atoms with E-state index in [0.29, 0.717) is 6.42 Å². The summed E-state index contributed by atoms with van der Waals surface area (Å²) in [5, 5.41) is 8.89. The minimum atomic E-state index is -1.25. The van der Waals surface area contributed by atoms with Crippen LogP contribution in [0.5, 0.6) is 0 Å². The zero-order valence-electron chi connectivity index (χ0n) is 11.1. The van der Waals surface area contributed by atoms with Gasteiger partial charge in [0.05, 0.1) is 6.61 Å². The fourth-order valence-corrected chi connectivity index (χ4v) is 1.62. The lowest BCUT2D eigenvalue weighted by Crippen LogP contribution is -2.18. The molecule has 0 heterocycles. The van der Waals surface area contributed by atoms with E-state index >= 15 is 0 Å². The first-order valence-electron chi connectivity index (χ1n) is 6.21. The van der Waals surface area contributed by atoms with Crippen LogP contribution in [0.25, 0.3) is 0 Å². The molecule has 1 rings (SSSR count). The number of benzene rings is 1. The van der Waals surface area contributed by atoms with Crippen molar-refractivity contribution in [1.82, 2.24) is 0 Å². The lowest BCUT2D eigenvalue weighted by atomic mass is 10.0. The Morgan fingerprint density at radius 2 is 1.95 bits per heavy atom. The topological polar surface area (TPSA) is 63.6 Å². The summed E-state index contributed by atoms with van der Waals surface area (Å²) in [6, 6.07) is 9.62. The smallest absolute Gasteiger partial charge is 0.345 e. The van der Waals surface area contributed by atoms with Crippen molar-refractivity contribution in [2.45, 2.75) is 26.2 Å². The van der Waals surface area contributed by atoms with E-state index in [0.717, 1.165) is 5.56 Å². The van der Waals surface area contributed by atoms with Gasteiger partial charge in [0.15, 0.2) is 0 Å². The predicted molar refractivity (Wildman–Crippen MR) is 71.8 cm³/mol. The minimum absolute atomic E-state index is 0.0295. The molecule has 102 valence electrons. The van der Waals surface area contributed by atoms with E-state index < -0.39 is 11.9 Å². The molecule has 0 saturated carbocycles. The highest BCUT2D eigenvalue weighted by molar-refractivity contribution is 6.13. The third-order valence-electron chi connectivity index (χ3n) is 2.69. The predicted octanol–water partition coefficient (Wildman–Crippen LogP) is 2.75. The van der Waals surface area contributed by atoms with E-state index in [4.69, 9.17) is 9.84 Å². The number of hydrogen-bond donors (Lipinski definition) is 1. The van der Waals surface area contributed by atoms with Crippen molar-refractivity contribution >= 4 is 11.9 Å². The van der Waals surface area contributed by atoms with Crippen LogP contribution in [0.15, 0.2) is 42.0 Å². The van der Waals surface area contributed by atoms with Gasteiger partial charge in [-0.3, -0.25) is 0 Å². The lowest BCUT2D eigenvalue weighted by molar-refractivity contribution is -0.144. The number of aliphatic carboxylic acids is 1. The molecule has 1 aromatic carbocycles. The number of carbonyl (C=O) groups excluding carboxylic acids is 1. The average Bonchev–Trinajstić information content (AvgIpc) is 2.42. The van der Waals surface area contributed by atoms with Gasteiger partial charge in [0.1, 0.15) is 5.57 Å². The first-order valence-corrected chi connectivity index (χ1v) is 6.21. The highest BCUT2D eigenvalue weighted by Gasteiger charge is 2.19. The Balaban J connectivity index is 2.59. The van der Waals surface area contributed by atoms with Crippen LogP contribution in [0.1, 0.15) is 31.7 Å². The molecule has 19 heavy (non-hydrogen) atoms. The molecule has 1 aromatic rings. The van der Waals surface area contributed by atoms with Crippen LogP contribution in [0, 0.1) is 0 Å². The van der Waals surface area contributed by atoms with Gasteiger partial charge in [0, 0.05) is 5.92 Å². The number of rotatable bonds is 6. The van der Waals surface area contributed by atoms with Crippen molar-refractivity contribution in [2.24, 2.45) is 0 Å². The maximum atomic E-state index is 11.6. The maximum Gasteiger partial charge on any atom is 0.345 e. The molecule has 0 radical (unpaired) electrons. The number of carboxylic acid groups (broad SMARTS) is 1. The van der Waals surface area contributed by atoms with Gasteiger partial charge in [0.25, 0.3) is 0 Å². The molecule has 0 aliphatic heterocycles. The standard InChI is InChI=1S/C15H18O4/c1-3-7-13(14(16)17)15(18)19-10-11(2)12-8-5-4-6-9-12/h4-9,11H,3,10H2,1-2H3,(H,16,17). The van der Waals surface area contributed by atoms with Gasteiger partial charge in [-0.2, -0.15) is 0 Å². The average molecular weight is 262 g/mol. The molecule has 0 spiro atoms. The zero-order chi connectivity index (χ0) is 14.3. The van der Waals surface area contributed by atoms with Crippen LogP contribution in [-0.2, 0) is 14.3 Å². The summed E-state index contributed by atoms with van der Waals surface area (Å²) in [5.41, 5.74) is 0.745. The van der Waals surface area contributed by atoms with Crippen molar-refractivity contribution in [1.29, 1.82) is 0 Å². The summed E-state index contributed by atoms with van der Waals surface area (Å²) in [5.74, 6) is -2.00. The third kappa shape index (κ3) is 4.58. The molecule has 0 aromatic heterocycles. The Kier molecular flexibility index (Phi) is 5.79. The molecule has 0 bridgehead atoms. The molecular weight excluding hydrogens is 244 g/mol. The Hall–Kier alpha value is -2.10. The van der Waals surface area contributed by atoms with Gasteiger partial charge in [0.2, 0.25) is 0 Å². The number of hydrogen-bond acceptors (Lipinski definition) is 3. The van der Waals surface area contributed by atoms with E-state index in [1.807, 2.05) is 37.3 Å². The van der Waals surface area contributed by atoms with Crippen LogP contribution < -0.4 is 0 Å². The summed E-state index contributed by atoms with van der Waals surface area (Å²) >= 11 is 0. The first-order chi connectivity index (χ1) is 9.06. The Labute approximate surface area is 112 Å². The second-order valence-corrected chi connectivity index (χ2v) is 4.24. The molecule has 4 heteroatoms. The van der Waals surface area contributed by atoms with E-state index in [2.05, 4.69) is 0 Å². The second kappa shape index (κ2) is 7.36.